The molecule has 3 amide bonds. The van der Waals surface area contributed by atoms with Crippen LogP contribution in [0.2, 0.25) is 0 Å². The molecule has 2 aromatic heterocycles. The monoisotopic (exact) mass is 765 g/mol. The first kappa shape index (κ1) is 39.4. The molecule has 4 heterocycles. The Bertz CT molecular complexity index is 2080. The lowest BCUT2D eigenvalue weighted by Crippen LogP contribution is -2.45. The lowest BCUT2D eigenvalue weighted by molar-refractivity contribution is -0.132. The topological polar surface area (TPSA) is 166 Å². The van der Waals surface area contributed by atoms with Gasteiger partial charge in [-0.2, -0.15) is 0 Å². The molecule has 2 aliphatic rings. The highest BCUT2D eigenvalue weighted by molar-refractivity contribution is 5.95. The Morgan fingerprint density at radius 2 is 1.57 bits per heavy atom. The van der Waals surface area contributed by atoms with Crippen molar-refractivity contribution in [2.24, 2.45) is 5.92 Å². The first-order valence-corrected chi connectivity index (χ1v) is 18.6. The minimum atomic E-state index is -0.666. The van der Waals surface area contributed by atoms with Gasteiger partial charge in [0.1, 0.15) is 11.5 Å². The number of carbonyl (C=O) groups is 4. The van der Waals surface area contributed by atoms with E-state index in [4.69, 9.17) is 23.9 Å². The molecule has 56 heavy (non-hydrogen) atoms. The fraction of sp³-hybridized carbons (Fsp3) is 0.390. The largest absolute Gasteiger partial charge is 0.493 e. The molecule has 0 aliphatic carbocycles. The third-order valence-corrected chi connectivity index (χ3v) is 9.97. The lowest BCUT2D eigenvalue weighted by Gasteiger charge is -2.36. The summed E-state index contributed by atoms with van der Waals surface area (Å²) in [6.45, 7) is 2.37. The highest BCUT2D eigenvalue weighted by atomic mass is 16.5. The van der Waals surface area contributed by atoms with Crippen LogP contribution < -0.4 is 24.4 Å². The van der Waals surface area contributed by atoms with Crippen molar-refractivity contribution in [2.75, 3.05) is 72.6 Å². The van der Waals surface area contributed by atoms with Gasteiger partial charge in [-0.15, -0.1) is 0 Å². The predicted molar refractivity (Wildman–Crippen MR) is 209 cm³/mol. The highest BCUT2D eigenvalue weighted by Crippen LogP contribution is 2.44. The van der Waals surface area contributed by atoms with E-state index in [-0.39, 0.29) is 48.8 Å². The van der Waals surface area contributed by atoms with Gasteiger partial charge in [-0.05, 0) is 49.3 Å². The van der Waals surface area contributed by atoms with Gasteiger partial charge in [-0.3, -0.25) is 14.4 Å². The number of pyridine rings is 1. The smallest absolute Gasteiger partial charge is 0.358 e. The minimum Gasteiger partial charge on any atom is -0.493 e. The summed E-state index contributed by atoms with van der Waals surface area (Å²) in [6.07, 6.45) is 8.44. The van der Waals surface area contributed by atoms with E-state index < -0.39 is 11.9 Å². The second-order valence-electron chi connectivity index (χ2n) is 13.7. The molecule has 1 N–H and O–H groups in total. The van der Waals surface area contributed by atoms with Gasteiger partial charge in [0.2, 0.25) is 17.6 Å². The molecule has 15 nitrogen and oxygen atoms in total. The van der Waals surface area contributed by atoms with Crippen molar-refractivity contribution in [3.05, 3.63) is 83.4 Å². The molecule has 6 rings (SSSR count). The molecule has 15 heteroatoms. The number of nitrogens with zero attached hydrogens (tertiary/aromatic N) is 6. The Kier molecular flexibility index (Phi) is 13.0. The molecule has 1 unspecified atom stereocenters. The van der Waals surface area contributed by atoms with Gasteiger partial charge in [0, 0.05) is 62.4 Å². The summed E-state index contributed by atoms with van der Waals surface area (Å²) in [4.78, 5) is 72.2. The number of esters is 1. The van der Waals surface area contributed by atoms with Gasteiger partial charge in [0.05, 0.1) is 52.9 Å². The first-order valence-electron chi connectivity index (χ1n) is 18.6. The summed E-state index contributed by atoms with van der Waals surface area (Å²) in [7, 11) is 5.89. The third-order valence-electron chi connectivity index (χ3n) is 9.97. The second-order valence-corrected chi connectivity index (χ2v) is 13.7. The van der Waals surface area contributed by atoms with E-state index in [1.54, 1.807) is 31.3 Å². The maximum Gasteiger partial charge on any atom is 0.358 e. The van der Waals surface area contributed by atoms with Crippen LogP contribution in [0.5, 0.6) is 17.2 Å². The number of amides is 3. The lowest BCUT2D eigenvalue weighted by atomic mass is 9.97. The first-order chi connectivity index (χ1) is 27.2. The van der Waals surface area contributed by atoms with E-state index in [1.165, 1.54) is 37.6 Å². The molecule has 0 saturated carbocycles. The van der Waals surface area contributed by atoms with Crippen LogP contribution in [0, 0.1) is 5.92 Å². The van der Waals surface area contributed by atoms with Gasteiger partial charge in [0.25, 0.3) is 5.91 Å². The number of benzene rings is 2. The normalized spacial score (nSPS) is 16.9. The number of piperidine rings is 1. The SMILES string of the molecule is COC(=O)c1cnc(C(=O)N2CCCCN(C(=O)/C=C/c3ccccc3)CC(=O)NCC3CCCN(C3)c3nc4cc(OC)c(OC)c(OC)c4cc3C2)cn1. The van der Waals surface area contributed by atoms with Crippen LogP contribution in [0.25, 0.3) is 17.0 Å². The Morgan fingerprint density at radius 3 is 2.27 bits per heavy atom. The van der Waals surface area contributed by atoms with Crippen LogP contribution in [0.4, 0.5) is 5.82 Å². The number of hydrogen-bond acceptors (Lipinski definition) is 12. The number of methoxy groups -OCH3 is 4. The molecule has 2 aliphatic heterocycles. The zero-order valence-electron chi connectivity index (χ0n) is 32.2. The van der Waals surface area contributed by atoms with Crippen molar-refractivity contribution in [1.29, 1.82) is 0 Å². The fourth-order valence-electron chi connectivity index (χ4n) is 7.10. The average molecular weight is 766 g/mol. The van der Waals surface area contributed by atoms with Gasteiger partial charge in [0.15, 0.2) is 17.2 Å². The number of anilines is 1. The van der Waals surface area contributed by atoms with Gasteiger partial charge < -0.3 is 39.0 Å². The molecule has 1 fully saturated rings. The maximum atomic E-state index is 14.3. The van der Waals surface area contributed by atoms with E-state index in [2.05, 4.69) is 20.2 Å². The van der Waals surface area contributed by atoms with Crippen LogP contribution in [0.3, 0.4) is 0 Å². The number of carbonyl (C=O) groups excluding carboxylic acids is 4. The van der Waals surface area contributed by atoms with Crippen LogP contribution in [-0.2, 0) is 20.9 Å². The standard InChI is InChI=1S/C41H47N7O8/c1-53-34-20-31-30(37(54-2)38(34)55-3)19-29-25-48(40(51)32-22-43-33(23-42-32)41(52)56-4)17-9-8-16-46(36(50)15-14-27-11-6-5-7-12-27)26-35(49)44-21-28-13-10-18-47(24-28)39(29)45-31/h5-7,11-12,14-15,19-20,22-23,28H,8-10,13,16-18,21,24-26H2,1-4H3,(H,44,49)/b15-14+. The van der Waals surface area contributed by atoms with Gasteiger partial charge >= 0.3 is 5.97 Å². The summed E-state index contributed by atoms with van der Waals surface area (Å²) in [5.41, 5.74) is 2.27. The quantitative estimate of drug-likeness (QED) is 0.212. The number of aromatic nitrogens is 3. The molecule has 0 spiro atoms. The molecule has 0 radical (unpaired) electrons. The molecule has 2 aromatic carbocycles. The van der Waals surface area contributed by atoms with E-state index in [1.807, 2.05) is 36.4 Å². The van der Waals surface area contributed by atoms with Crippen molar-refractivity contribution in [3.63, 3.8) is 0 Å². The maximum absolute atomic E-state index is 14.3. The molecular formula is C41H47N7O8. The van der Waals surface area contributed by atoms with Crippen LogP contribution >= 0.6 is 0 Å². The van der Waals surface area contributed by atoms with Crippen molar-refractivity contribution in [2.45, 2.75) is 32.2 Å². The summed E-state index contributed by atoms with van der Waals surface area (Å²) >= 11 is 0. The van der Waals surface area contributed by atoms with Crippen molar-refractivity contribution < 1.29 is 38.1 Å². The molecule has 2 bridgehead atoms. The van der Waals surface area contributed by atoms with Gasteiger partial charge in [-0.25, -0.2) is 19.7 Å². The zero-order valence-corrected chi connectivity index (χ0v) is 32.2. The average Bonchev–Trinajstić information content (AvgIpc) is 3.24. The zero-order chi connectivity index (χ0) is 39.6. The molecule has 4 aromatic rings. The van der Waals surface area contributed by atoms with Crippen molar-refractivity contribution in [3.8, 4) is 17.2 Å². The Hall–Kier alpha value is -6.25. The fourth-order valence-corrected chi connectivity index (χ4v) is 7.10. The molecule has 294 valence electrons. The number of ether oxygens (including phenoxy) is 4. The van der Waals surface area contributed by atoms with Gasteiger partial charge in [-0.1, -0.05) is 30.3 Å². The van der Waals surface area contributed by atoms with E-state index >= 15 is 0 Å². The number of hydrogen-bond donors (Lipinski definition) is 1. The minimum absolute atomic E-state index is 0.0238. The third kappa shape index (κ3) is 9.16. The summed E-state index contributed by atoms with van der Waals surface area (Å²) in [5.74, 6) is 0.529. The summed E-state index contributed by atoms with van der Waals surface area (Å²) in [6, 6.07) is 13.3. The van der Waals surface area contributed by atoms with E-state index in [0.29, 0.717) is 73.0 Å². The second kappa shape index (κ2) is 18.4. The highest BCUT2D eigenvalue weighted by Gasteiger charge is 2.29. The Morgan fingerprint density at radius 1 is 0.839 bits per heavy atom. The predicted octanol–water partition coefficient (Wildman–Crippen LogP) is 4.15. The summed E-state index contributed by atoms with van der Waals surface area (Å²) in [5, 5.41) is 3.76. The van der Waals surface area contributed by atoms with E-state index in [9.17, 15) is 19.2 Å². The van der Waals surface area contributed by atoms with Crippen LogP contribution in [0.1, 0.15) is 57.8 Å². The Labute approximate surface area is 325 Å². The number of rotatable bonds is 7. The molecule has 1 atom stereocenters. The van der Waals surface area contributed by atoms with Crippen molar-refractivity contribution in [1.82, 2.24) is 30.1 Å². The molecular weight excluding hydrogens is 718 g/mol. The number of nitrogens with one attached hydrogen (secondary N) is 1. The van der Waals surface area contributed by atoms with Crippen LogP contribution in [-0.4, -0.2) is 116 Å². The van der Waals surface area contributed by atoms with Crippen LogP contribution in [0.15, 0.2) is 60.9 Å². The number of fused-ring (bicyclic) bond motifs is 5. The van der Waals surface area contributed by atoms with E-state index in [0.717, 1.165) is 24.0 Å². The van der Waals surface area contributed by atoms with Crippen molar-refractivity contribution >= 4 is 46.5 Å². The summed E-state index contributed by atoms with van der Waals surface area (Å²) < 4.78 is 21.9. The molecule has 1 saturated heterocycles. The Balaban J connectivity index is 1.39.